The number of hydrogen-bond acceptors (Lipinski definition) is 4. The van der Waals surface area contributed by atoms with E-state index in [2.05, 4.69) is 10.2 Å². The number of para-hydroxylation sites is 2. The molecule has 7 heteroatoms. The molecule has 0 radical (unpaired) electrons. The minimum absolute atomic E-state index is 0.0288. The van der Waals surface area contributed by atoms with Gasteiger partial charge in [-0.25, -0.2) is 8.78 Å². The van der Waals surface area contributed by atoms with Gasteiger partial charge in [-0.3, -0.25) is 4.79 Å². The van der Waals surface area contributed by atoms with Crippen LogP contribution in [-0.4, -0.2) is 36.3 Å². The predicted molar refractivity (Wildman–Crippen MR) is 94.6 cm³/mol. The Kier molecular flexibility index (Phi) is 5.08. The van der Waals surface area contributed by atoms with Gasteiger partial charge < -0.3 is 20.1 Å². The minimum atomic E-state index is -1.12. The quantitative estimate of drug-likeness (QED) is 0.877. The predicted octanol–water partition coefficient (Wildman–Crippen LogP) is 3.54. The van der Waals surface area contributed by atoms with E-state index in [1.54, 1.807) is 12.1 Å². The molecule has 138 valence electrons. The Morgan fingerprint density at radius 3 is 2.50 bits per heavy atom. The Morgan fingerprint density at radius 1 is 1.19 bits per heavy atom. The molecule has 0 bridgehead atoms. The lowest BCUT2D eigenvalue weighted by molar-refractivity contribution is -0.00517. The van der Waals surface area contributed by atoms with Gasteiger partial charge in [0.05, 0.1) is 23.6 Å². The molecule has 1 amide bonds. The Morgan fingerprint density at radius 2 is 1.85 bits per heavy atom. The normalized spacial score (nSPS) is 20.1. The van der Waals surface area contributed by atoms with Gasteiger partial charge >= 0.3 is 0 Å². The number of carbonyl (C=O) groups is 1. The van der Waals surface area contributed by atoms with E-state index in [-0.39, 0.29) is 12.2 Å². The average molecular weight is 362 g/mol. The van der Waals surface area contributed by atoms with Gasteiger partial charge in [-0.15, -0.1) is 0 Å². The van der Waals surface area contributed by atoms with Crippen LogP contribution >= 0.6 is 0 Å². The van der Waals surface area contributed by atoms with Gasteiger partial charge in [0.25, 0.3) is 5.91 Å². The molecule has 3 rings (SSSR count). The van der Waals surface area contributed by atoms with Crippen molar-refractivity contribution in [2.24, 2.45) is 0 Å². The number of phenols is 1. The second-order valence-electron chi connectivity index (χ2n) is 6.42. The molecule has 0 aromatic heterocycles. The van der Waals surface area contributed by atoms with Crippen molar-refractivity contribution in [2.75, 3.05) is 23.3 Å². The van der Waals surface area contributed by atoms with Crippen LogP contribution in [0.5, 0.6) is 5.75 Å². The van der Waals surface area contributed by atoms with Crippen LogP contribution in [0.3, 0.4) is 0 Å². The van der Waals surface area contributed by atoms with Crippen LogP contribution in [0.15, 0.2) is 36.4 Å². The summed E-state index contributed by atoms with van der Waals surface area (Å²) in [5.41, 5.74) is 0.650. The summed E-state index contributed by atoms with van der Waals surface area (Å²) in [6, 6.07) is 8.39. The number of ether oxygens (including phenoxy) is 1. The molecule has 2 aromatic carbocycles. The van der Waals surface area contributed by atoms with Crippen LogP contribution in [0.2, 0.25) is 0 Å². The maximum absolute atomic E-state index is 13.9. The number of amides is 1. The fourth-order valence-electron chi connectivity index (χ4n) is 3.20. The highest BCUT2D eigenvalue weighted by atomic mass is 19.1. The van der Waals surface area contributed by atoms with E-state index in [1.165, 1.54) is 0 Å². The highest BCUT2D eigenvalue weighted by molar-refractivity contribution is 6.07. The smallest absolute Gasteiger partial charge is 0.262 e. The summed E-state index contributed by atoms with van der Waals surface area (Å²) in [6.45, 7) is 5.23. The standard InChI is InChI=1S/C19H20F2N2O3/c1-11-9-23(10-12(2)26-11)16-6-4-3-5-15(16)22-19(25)18-14(21)7-13(20)8-17(18)24/h3-8,11-12,24H,9-10H2,1-2H3,(H,22,25). The van der Waals surface area contributed by atoms with Crippen LogP contribution in [0.4, 0.5) is 20.2 Å². The monoisotopic (exact) mass is 362 g/mol. The maximum Gasteiger partial charge on any atom is 0.262 e. The van der Waals surface area contributed by atoms with Crippen molar-refractivity contribution in [3.8, 4) is 5.75 Å². The maximum atomic E-state index is 13.9. The van der Waals surface area contributed by atoms with Crippen LogP contribution in [0.1, 0.15) is 24.2 Å². The zero-order valence-electron chi connectivity index (χ0n) is 14.5. The lowest BCUT2D eigenvalue weighted by Gasteiger charge is -2.37. The highest BCUT2D eigenvalue weighted by Crippen LogP contribution is 2.30. The number of carbonyl (C=O) groups excluding carboxylic acids is 1. The molecule has 1 aliphatic heterocycles. The van der Waals surface area contributed by atoms with E-state index in [1.807, 2.05) is 26.0 Å². The number of nitrogens with one attached hydrogen (secondary N) is 1. The molecule has 2 unspecified atom stereocenters. The fraction of sp³-hybridized carbons (Fsp3) is 0.316. The van der Waals surface area contributed by atoms with E-state index < -0.39 is 28.9 Å². The Hall–Kier alpha value is -2.67. The third kappa shape index (κ3) is 3.77. The van der Waals surface area contributed by atoms with Crippen molar-refractivity contribution in [3.05, 3.63) is 53.6 Å². The molecule has 0 aliphatic carbocycles. The van der Waals surface area contributed by atoms with Gasteiger partial charge in [0, 0.05) is 25.2 Å². The van der Waals surface area contributed by atoms with Gasteiger partial charge in [-0.05, 0) is 26.0 Å². The van der Waals surface area contributed by atoms with E-state index in [9.17, 15) is 18.7 Å². The lowest BCUT2D eigenvalue weighted by atomic mass is 10.1. The molecule has 2 N–H and O–H groups in total. The molecule has 1 aliphatic rings. The molecular weight excluding hydrogens is 342 g/mol. The number of halogens is 2. The summed E-state index contributed by atoms with van der Waals surface area (Å²) in [4.78, 5) is 14.5. The topological polar surface area (TPSA) is 61.8 Å². The molecule has 1 fully saturated rings. The molecule has 2 aromatic rings. The third-order valence-corrected chi connectivity index (χ3v) is 4.17. The molecular formula is C19H20F2N2O3. The van der Waals surface area contributed by atoms with Crippen LogP contribution in [-0.2, 0) is 4.74 Å². The van der Waals surface area contributed by atoms with Crippen molar-refractivity contribution in [3.63, 3.8) is 0 Å². The zero-order chi connectivity index (χ0) is 18.8. The van der Waals surface area contributed by atoms with E-state index in [0.717, 1.165) is 5.69 Å². The van der Waals surface area contributed by atoms with Gasteiger partial charge in [0.15, 0.2) is 0 Å². The molecule has 0 saturated carbocycles. The van der Waals surface area contributed by atoms with Gasteiger partial charge in [0.2, 0.25) is 0 Å². The highest BCUT2D eigenvalue weighted by Gasteiger charge is 2.25. The van der Waals surface area contributed by atoms with Crippen LogP contribution in [0.25, 0.3) is 0 Å². The first kappa shape index (κ1) is 18.1. The largest absolute Gasteiger partial charge is 0.507 e. The number of rotatable bonds is 3. The summed E-state index contributed by atoms with van der Waals surface area (Å²) in [5, 5.41) is 12.4. The van der Waals surface area contributed by atoms with Crippen molar-refractivity contribution in [2.45, 2.75) is 26.1 Å². The summed E-state index contributed by atoms with van der Waals surface area (Å²) in [5.74, 6) is -3.66. The van der Waals surface area contributed by atoms with Crippen molar-refractivity contribution >= 4 is 17.3 Å². The second-order valence-corrected chi connectivity index (χ2v) is 6.42. The van der Waals surface area contributed by atoms with Crippen LogP contribution in [0, 0.1) is 11.6 Å². The Bertz CT molecular complexity index is 795. The minimum Gasteiger partial charge on any atom is -0.507 e. The number of anilines is 2. The lowest BCUT2D eigenvalue weighted by Crippen LogP contribution is -2.45. The molecule has 0 spiro atoms. The summed E-state index contributed by atoms with van der Waals surface area (Å²) >= 11 is 0. The Labute approximate surface area is 150 Å². The summed E-state index contributed by atoms with van der Waals surface area (Å²) in [7, 11) is 0. The molecule has 1 saturated heterocycles. The zero-order valence-corrected chi connectivity index (χ0v) is 14.5. The number of phenolic OH excluding ortho intramolecular Hbond substituents is 1. The first-order chi connectivity index (χ1) is 12.3. The number of morpholine rings is 1. The number of hydrogen-bond donors (Lipinski definition) is 2. The third-order valence-electron chi connectivity index (χ3n) is 4.17. The van der Waals surface area contributed by atoms with Gasteiger partial charge in [-0.2, -0.15) is 0 Å². The second kappa shape index (κ2) is 7.29. The van der Waals surface area contributed by atoms with E-state index >= 15 is 0 Å². The van der Waals surface area contributed by atoms with Crippen molar-refractivity contribution in [1.29, 1.82) is 0 Å². The molecule has 1 heterocycles. The number of aromatic hydroxyl groups is 1. The molecule has 26 heavy (non-hydrogen) atoms. The fourth-order valence-corrected chi connectivity index (χ4v) is 3.20. The summed E-state index contributed by atoms with van der Waals surface area (Å²) in [6.07, 6.45) is 0.0576. The number of benzene rings is 2. The van der Waals surface area contributed by atoms with Gasteiger partial charge in [0.1, 0.15) is 22.9 Å². The van der Waals surface area contributed by atoms with Gasteiger partial charge in [-0.1, -0.05) is 12.1 Å². The first-order valence-corrected chi connectivity index (χ1v) is 8.34. The first-order valence-electron chi connectivity index (χ1n) is 8.34. The van der Waals surface area contributed by atoms with Crippen molar-refractivity contribution < 1.29 is 23.4 Å². The average Bonchev–Trinajstić information content (AvgIpc) is 2.53. The van der Waals surface area contributed by atoms with E-state index in [4.69, 9.17) is 4.74 Å². The number of nitrogens with zero attached hydrogens (tertiary/aromatic N) is 1. The van der Waals surface area contributed by atoms with E-state index in [0.29, 0.717) is 30.9 Å². The van der Waals surface area contributed by atoms with Crippen molar-refractivity contribution in [1.82, 2.24) is 0 Å². The summed E-state index contributed by atoms with van der Waals surface area (Å²) < 4.78 is 32.8. The van der Waals surface area contributed by atoms with Crippen LogP contribution < -0.4 is 10.2 Å². The Balaban J connectivity index is 1.88. The molecule has 2 atom stereocenters. The molecule has 5 nitrogen and oxygen atoms in total. The SMILES string of the molecule is CC1CN(c2ccccc2NC(=O)c2c(O)cc(F)cc2F)CC(C)O1.